The van der Waals surface area contributed by atoms with Gasteiger partial charge in [0.25, 0.3) is 0 Å². The third-order valence-electron chi connectivity index (χ3n) is 2.73. The monoisotopic (exact) mass is 254 g/mol. The number of pyridine rings is 1. The third kappa shape index (κ3) is 2.75. The molecule has 1 aromatic carbocycles. The molecule has 0 bridgehead atoms. The van der Waals surface area contributed by atoms with Gasteiger partial charge >= 0.3 is 0 Å². The molecule has 0 aliphatic rings. The van der Waals surface area contributed by atoms with Crippen LogP contribution in [0.2, 0.25) is 0 Å². The first-order chi connectivity index (χ1) is 9.13. The van der Waals surface area contributed by atoms with Crippen LogP contribution in [0, 0.1) is 18.3 Å². The smallest absolute Gasteiger partial charge is 0.153 e. The Hall–Kier alpha value is -2.74. The molecule has 2 rings (SSSR count). The molecular formula is C14H14N4O. The van der Waals surface area contributed by atoms with Gasteiger partial charge in [0, 0.05) is 11.9 Å². The molecule has 0 amide bonds. The third-order valence-corrected chi connectivity index (χ3v) is 2.73. The Kier molecular flexibility index (Phi) is 3.53. The molecule has 0 unspecified atom stereocenters. The standard InChI is InChI=1S/C14H14N4O/c1-9-5-11(19-2)3-4-13(9)18-14-12(16)6-10(7-15)8-17-14/h3-6,8H,16H2,1-2H3,(H,17,18). The molecule has 0 radical (unpaired) electrons. The summed E-state index contributed by atoms with van der Waals surface area (Å²) in [5, 5.41) is 11.9. The quantitative estimate of drug-likeness (QED) is 0.879. The second kappa shape index (κ2) is 5.27. The lowest BCUT2D eigenvalue weighted by Gasteiger charge is -2.11. The molecule has 0 fully saturated rings. The van der Waals surface area contributed by atoms with Crippen molar-refractivity contribution in [1.82, 2.24) is 4.98 Å². The summed E-state index contributed by atoms with van der Waals surface area (Å²) < 4.78 is 5.15. The number of anilines is 3. The molecule has 0 saturated carbocycles. The van der Waals surface area contributed by atoms with E-state index in [0.29, 0.717) is 17.1 Å². The highest BCUT2D eigenvalue weighted by atomic mass is 16.5. The summed E-state index contributed by atoms with van der Waals surface area (Å²) in [7, 11) is 1.63. The zero-order chi connectivity index (χ0) is 13.8. The Morgan fingerprint density at radius 3 is 2.74 bits per heavy atom. The van der Waals surface area contributed by atoms with E-state index < -0.39 is 0 Å². The number of nitrogens with two attached hydrogens (primary N) is 1. The zero-order valence-electron chi connectivity index (χ0n) is 10.8. The Balaban J connectivity index is 2.29. The van der Waals surface area contributed by atoms with Crippen LogP contribution in [0.3, 0.4) is 0 Å². The molecule has 0 saturated heterocycles. The maximum atomic E-state index is 8.76. The van der Waals surface area contributed by atoms with E-state index in [4.69, 9.17) is 15.7 Å². The molecule has 0 atom stereocenters. The molecule has 0 spiro atoms. The van der Waals surface area contributed by atoms with Gasteiger partial charge in [-0.05, 0) is 36.8 Å². The highest BCUT2D eigenvalue weighted by molar-refractivity contribution is 5.71. The van der Waals surface area contributed by atoms with E-state index in [9.17, 15) is 0 Å². The fourth-order valence-corrected chi connectivity index (χ4v) is 1.68. The van der Waals surface area contributed by atoms with Gasteiger partial charge in [-0.3, -0.25) is 0 Å². The summed E-state index contributed by atoms with van der Waals surface area (Å²) in [4.78, 5) is 4.14. The molecule has 1 heterocycles. The number of benzene rings is 1. The molecule has 3 N–H and O–H groups in total. The summed E-state index contributed by atoms with van der Waals surface area (Å²) in [5.41, 5.74) is 8.64. The fraction of sp³-hybridized carbons (Fsp3) is 0.143. The van der Waals surface area contributed by atoms with Crippen LogP contribution in [0.15, 0.2) is 30.5 Å². The fourth-order valence-electron chi connectivity index (χ4n) is 1.68. The first kappa shape index (κ1) is 12.7. The van der Waals surface area contributed by atoms with Crippen molar-refractivity contribution in [3.8, 4) is 11.8 Å². The Bertz CT molecular complexity index is 646. The van der Waals surface area contributed by atoms with Crippen LogP contribution in [-0.2, 0) is 0 Å². The van der Waals surface area contributed by atoms with Crippen molar-refractivity contribution >= 4 is 17.2 Å². The average Bonchev–Trinajstić information content (AvgIpc) is 2.42. The first-order valence-corrected chi connectivity index (χ1v) is 5.71. The number of nitriles is 1. The van der Waals surface area contributed by atoms with Crippen LogP contribution in [0.4, 0.5) is 17.2 Å². The van der Waals surface area contributed by atoms with E-state index in [-0.39, 0.29) is 0 Å². The van der Waals surface area contributed by atoms with Crippen LogP contribution in [0.1, 0.15) is 11.1 Å². The number of hydrogen-bond acceptors (Lipinski definition) is 5. The van der Waals surface area contributed by atoms with Crippen LogP contribution in [-0.4, -0.2) is 12.1 Å². The average molecular weight is 254 g/mol. The Morgan fingerprint density at radius 1 is 1.37 bits per heavy atom. The summed E-state index contributed by atoms with van der Waals surface area (Å²) in [6.07, 6.45) is 1.48. The maximum Gasteiger partial charge on any atom is 0.153 e. The number of aromatic nitrogens is 1. The van der Waals surface area contributed by atoms with Gasteiger partial charge in [0.15, 0.2) is 5.82 Å². The number of hydrogen-bond donors (Lipinski definition) is 2. The minimum atomic E-state index is 0.439. The van der Waals surface area contributed by atoms with Crippen LogP contribution < -0.4 is 15.8 Å². The first-order valence-electron chi connectivity index (χ1n) is 5.71. The van der Waals surface area contributed by atoms with Gasteiger partial charge in [-0.15, -0.1) is 0 Å². The molecule has 5 heteroatoms. The van der Waals surface area contributed by atoms with Gasteiger partial charge in [-0.2, -0.15) is 5.26 Å². The summed E-state index contributed by atoms with van der Waals surface area (Å²) >= 11 is 0. The lowest BCUT2D eigenvalue weighted by Crippen LogP contribution is -2.01. The minimum Gasteiger partial charge on any atom is -0.497 e. The summed E-state index contributed by atoms with van der Waals surface area (Å²) in [5.74, 6) is 1.33. The lowest BCUT2D eigenvalue weighted by molar-refractivity contribution is 0.414. The summed E-state index contributed by atoms with van der Waals surface area (Å²) in [6.45, 7) is 1.96. The van der Waals surface area contributed by atoms with Crippen molar-refractivity contribution in [2.75, 3.05) is 18.2 Å². The predicted molar refractivity (Wildman–Crippen MR) is 74.4 cm³/mol. The molecular weight excluding hydrogens is 240 g/mol. The van der Waals surface area contributed by atoms with E-state index in [1.807, 2.05) is 31.2 Å². The van der Waals surface area contributed by atoms with Gasteiger partial charge < -0.3 is 15.8 Å². The van der Waals surface area contributed by atoms with Gasteiger partial charge in [0.2, 0.25) is 0 Å². The predicted octanol–water partition coefficient (Wildman–Crippen LogP) is 2.60. The Morgan fingerprint density at radius 2 is 2.16 bits per heavy atom. The van der Waals surface area contributed by atoms with Crippen molar-refractivity contribution in [3.63, 3.8) is 0 Å². The number of aryl methyl sites for hydroxylation is 1. The molecule has 1 aromatic heterocycles. The van der Waals surface area contributed by atoms with Crippen LogP contribution in [0.25, 0.3) is 0 Å². The SMILES string of the molecule is COc1ccc(Nc2ncc(C#N)cc2N)c(C)c1. The van der Waals surface area contributed by atoms with Gasteiger partial charge in [0.1, 0.15) is 11.8 Å². The number of nitrogens with zero attached hydrogens (tertiary/aromatic N) is 2. The number of ether oxygens (including phenoxy) is 1. The van der Waals surface area contributed by atoms with E-state index in [2.05, 4.69) is 10.3 Å². The second-order valence-corrected chi connectivity index (χ2v) is 4.08. The van der Waals surface area contributed by atoms with E-state index in [1.165, 1.54) is 6.20 Å². The maximum absolute atomic E-state index is 8.76. The molecule has 0 aliphatic carbocycles. The number of rotatable bonds is 3. The van der Waals surface area contributed by atoms with Crippen molar-refractivity contribution in [3.05, 3.63) is 41.6 Å². The highest BCUT2D eigenvalue weighted by Crippen LogP contribution is 2.26. The lowest BCUT2D eigenvalue weighted by atomic mass is 10.2. The topological polar surface area (TPSA) is 84.0 Å². The second-order valence-electron chi connectivity index (χ2n) is 4.08. The largest absolute Gasteiger partial charge is 0.497 e. The van der Waals surface area contributed by atoms with Crippen molar-refractivity contribution in [2.45, 2.75) is 6.92 Å². The van der Waals surface area contributed by atoms with Gasteiger partial charge in [-0.1, -0.05) is 0 Å². The van der Waals surface area contributed by atoms with E-state index in [0.717, 1.165) is 17.0 Å². The van der Waals surface area contributed by atoms with Crippen molar-refractivity contribution in [1.29, 1.82) is 5.26 Å². The highest BCUT2D eigenvalue weighted by Gasteiger charge is 2.05. The number of nitrogen functional groups attached to an aromatic ring is 1. The molecule has 96 valence electrons. The molecule has 19 heavy (non-hydrogen) atoms. The van der Waals surface area contributed by atoms with Crippen LogP contribution >= 0.6 is 0 Å². The van der Waals surface area contributed by atoms with E-state index >= 15 is 0 Å². The zero-order valence-corrected chi connectivity index (χ0v) is 10.8. The normalized spacial score (nSPS) is 9.74. The van der Waals surface area contributed by atoms with Crippen molar-refractivity contribution in [2.24, 2.45) is 0 Å². The number of nitrogens with one attached hydrogen (secondary N) is 1. The van der Waals surface area contributed by atoms with Gasteiger partial charge in [-0.25, -0.2) is 4.98 Å². The van der Waals surface area contributed by atoms with Gasteiger partial charge in [0.05, 0.1) is 18.4 Å². The van der Waals surface area contributed by atoms with Crippen LogP contribution in [0.5, 0.6) is 5.75 Å². The minimum absolute atomic E-state index is 0.439. The van der Waals surface area contributed by atoms with E-state index in [1.54, 1.807) is 13.2 Å². The number of methoxy groups -OCH3 is 1. The Labute approximate surface area is 111 Å². The molecule has 2 aromatic rings. The molecule has 5 nitrogen and oxygen atoms in total. The summed E-state index contributed by atoms with van der Waals surface area (Å²) in [6, 6.07) is 9.26. The van der Waals surface area contributed by atoms with Crippen molar-refractivity contribution < 1.29 is 4.74 Å². The molecule has 0 aliphatic heterocycles.